The Hall–Kier alpha value is -3.59. The molecule has 0 bridgehead atoms. The summed E-state index contributed by atoms with van der Waals surface area (Å²) in [5.74, 6) is 0.758. The molecule has 164 valence electrons. The lowest BCUT2D eigenvalue weighted by molar-refractivity contribution is 0.0908. The van der Waals surface area contributed by atoms with Gasteiger partial charge in [0.15, 0.2) is 5.82 Å². The van der Waals surface area contributed by atoms with Crippen molar-refractivity contribution in [3.63, 3.8) is 0 Å². The van der Waals surface area contributed by atoms with Crippen LogP contribution >= 0.6 is 0 Å². The third kappa shape index (κ3) is 3.64. The average molecular weight is 434 g/mol. The van der Waals surface area contributed by atoms with Gasteiger partial charge in [0.2, 0.25) is 5.78 Å². The van der Waals surface area contributed by atoms with Gasteiger partial charge >= 0.3 is 0 Å². The van der Waals surface area contributed by atoms with Crippen LogP contribution in [0.15, 0.2) is 53.3 Å². The summed E-state index contributed by atoms with van der Waals surface area (Å²) in [4.78, 5) is 27.3. The van der Waals surface area contributed by atoms with Crippen LogP contribution in [0.4, 0.5) is 4.39 Å². The highest BCUT2D eigenvalue weighted by Crippen LogP contribution is 2.18. The normalized spacial score (nSPS) is 15.4. The predicted octanol–water partition coefficient (Wildman–Crippen LogP) is 2.11. The first-order chi connectivity index (χ1) is 15.5. The Balaban J connectivity index is 1.29. The number of halogens is 1. The fourth-order valence-electron chi connectivity index (χ4n) is 4.30. The zero-order chi connectivity index (χ0) is 22.2. The van der Waals surface area contributed by atoms with Gasteiger partial charge in [-0.3, -0.25) is 23.5 Å². The molecule has 1 saturated heterocycles. The second-order valence-corrected chi connectivity index (χ2v) is 8.16. The van der Waals surface area contributed by atoms with Gasteiger partial charge in [0.1, 0.15) is 5.82 Å². The maximum absolute atomic E-state index is 13.1. The summed E-state index contributed by atoms with van der Waals surface area (Å²) in [6.45, 7) is 2.20. The molecule has 0 atom stereocenters. The Labute approximate surface area is 183 Å². The Kier molecular flexibility index (Phi) is 5.18. The van der Waals surface area contributed by atoms with E-state index in [4.69, 9.17) is 0 Å². The molecule has 1 aliphatic rings. The Morgan fingerprint density at radius 3 is 2.56 bits per heavy atom. The predicted molar refractivity (Wildman–Crippen MR) is 118 cm³/mol. The van der Waals surface area contributed by atoms with Crippen molar-refractivity contribution in [3.8, 4) is 0 Å². The van der Waals surface area contributed by atoms with E-state index in [1.165, 1.54) is 28.8 Å². The van der Waals surface area contributed by atoms with E-state index in [0.717, 1.165) is 37.3 Å². The second kappa shape index (κ2) is 8.16. The van der Waals surface area contributed by atoms with Crippen LogP contribution in [0.2, 0.25) is 0 Å². The van der Waals surface area contributed by atoms with Crippen molar-refractivity contribution in [2.75, 3.05) is 13.1 Å². The highest BCUT2D eigenvalue weighted by molar-refractivity contribution is 5.94. The standard InChI is InChI=1S/C23H23FN6O2/c1-28-22(32)18-4-2-3-5-19(18)30-20(26-27-23(28)30)14-29-12-10-17(11-13-29)25-21(31)15-6-8-16(24)9-7-15/h2-9,17H,10-14H2,1H3,(H,25,31). The number of rotatable bonds is 4. The molecule has 2 aromatic carbocycles. The largest absolute Gasteiger partial charge is 0.349 e. The molecule has 32 heavy (non-hydrogen) atoms. The number of benzene rings is 2. The summed E-state index contributed by atoms with van der Waals surface area (Å²) in [6.07, 6.45) is 1.62. The summed E-state index contributed by atoms with van der Waals surface area (Å²) in [7, 11) is 1.71. The molecule has 4 aromatic rings. The van der Waals surface area contributed by atoms with Crippen molar-refractivity contribution in [3.05, 3.63) is 76.1 Å². The summed E-state index contributed by atoms with van der Waals surface area (Å²) in [6, 6.07) is 13.1. The lowest BCUT2D eigenvalue weighted by atomic mass is 10.0. The molecule has 1 amide bonds. The third-order valence-electron chi connectivity index (χ3n) is 6.09. The van der Waals surface area contributed by atoms with Crippen molar-refractivity contribution in [1.29, 1.82) is 0 Å². The van der Waals surface area contributed by atoms with E-state index in [2.05, 4.69) is 20.4 Å². The Morgan fingerprint density at radius 2 is 1.81 bits per heavy atom. The van der Waals surface area contributed by atoms with Gasteiger partial charge in [-0.05, 0) is 49.2 Å². The molecule has 0 saturated carbocycles. The zero-order valence-electron chi connectivity index (χ0n) is 17.7. The molecule has 3 heterocycles. The van der Waals surface area contributed by atoms with Gasteiger partial charge in [0, 0.05) is 31.7 Å². The van der Waals surface area contributed by atoms with Crippen molar-refractivity contribution >= 4 is 22.6 Å². The van der Waals surface area contributed by atoms with Gasteiger partial charge in [-0.25, -0.2) is 4.39 Å². The first-order valence-corrected chi connectivity index (χ1v) is 10.6. The molecule has 0 radical (unpaired) electrons. The molecule has 2 aromatic heterocycles. The van der Waals surface area contributed by atoms with Gasteiger partial charge < -0.3 is 5.32 Å². The topological polar surface area (TPSA) is 84.5 Å². The maximum atomic E-state index is 13.1. The number of para-hydroxylation sites is 1. The number of aryl methyl sites for hydroxylation is 1. The molecule has 1 aliphatic heterocycles. The summed E-state index contributed by atoms with van der Waals surface area (Å²) >= 11 is 0. The van der Waals surface area contributed by atoms with E-state index >= 15 is 0 Å². The smallest absolute Gasteiger partial charge is 0.262 e. The van der Waals surface area contributed by atoms with E-state index in [0.29, 0.717) is 23.3 Å². The van der Waals surface area contributed by atoms with Crippen LogP contribution in [0.3, 0.4) is 0 Å². The molecule has 0 aliphatic carbocycles. The van der Waals surface area contributed by atoms with Crippen molar-refractivity contribution in [1.82, 2.24) is 29.4 Å². The number of nitrogens with one attached hydrogen (secondary N) is 1. The number of carbonyl (C=O) groups is 1. The van der Waals surface area contributed by atoms with E-state index < -0.39 is 0 Å². The van der Waals surface area contributed by atoms with Crippen LogP contribution < -0.4 is 10.9 Å². The highest BCUT2D eigenvalue weighted by Gasteiger charge is 2.23. The van der Waals surface area contributed by atoms with Gasteiger partial charge in [0.25, 0.3) is 11.5 Å². The number of piperidine rings is 1. The number of fused-ring (bicyclic) bond motifs is 3. The molecular weight excluding hydrogens is 411 g/mol. The molecule has 1 N–H and O–H groups in total. The molecule has 1 fully saturated rings. The van der Waals surface area contributed by atoms with Crippen LogP contribution in [0.1, 0.15) is 29.0 Å². The first kappa shape index (κ1) is 20.3. The van der Waals surface area contributed by atoms with Crippen LogP contribution in [0, 0.1) is 5.82 Å². The zero-order valence-corrected chi connectivity index (χ0v) is 17.7. The summed E-state index contributed by atoms with van der Waals surface area (Å²) < 4.78 is 16.5. The minimum absolute atomic E-state index is 0.0700. The molecule has 0 spiro atoms. The number of likely N-dealkylation sites (tertiary alicyclic amines) is 1. The monoisotopic (exact) mass is 434 g/mol. The summed E-state index contributed by atoms with van der Waals surface area (Å²) in [5.41, 5.74) is 1.16. The second-order valence-electron chi connectivity index (χ2n) is 8.16. The van der Waals surface area contributed by atoms with Crippen LogP contribution in [0.5, 0.6) is 0 Å². The van der Waals surface area contributed by atoms with E-state index in [-0.39, 0.29) is 23.3 Å². The van der Waals surface area contributed by atoms with E-state index in [1.54, 1.807) is 7.05 Å². The maximum Gasteiger partial charge on any atom is 0.262 e. The quantitative estimate of drug-likeness (QED) is 0.532. The Morgan fingerprint density at radius 1 is 1.09 bits per heavy atom. The lowest BCUT2D eigenvalue weighted by Gasteiger charge is -2.31. The number of amides is 1. The molecule has 8 nitrogen and oxygen atoms in total. The van der Waals surface area contributed by atoms with Gasteiger partial charge in [-0.1, -0.05) is 12.1 Å². The first-order valence-electron chi connectivity index (χ1n) is 10.6. The lowest BCUT2D eigenvalue weighted by Crippen LogP contribution is -2.44. The summed E-state index contributed by atoms with van der Waals surface area (Å²) in [5, 5.41) is 12.3. The average Bonchev–Trinajstić information content (AvgIpc) is 3.23. The minimum Gasteiger partial charge on any atom is -0.349 e. The van der Waals surface area contributed by atoms with E-state index in [9.17, 15) is 14.0 Å². The fourth-order valence-corrected chi connectivity index (χ4v) is 4.30. The fraction of sp³-hybridized carbons (Fsp3) is 0.304. The molecule has 0 unspecified atom stereocenters. The SMILES string of the molecule is Cn1c(=O)c2ccccc2n2c(CN3CCC(NC(=O)c4ccc(F)cc4)CC3)nnc12. The number of hydrogen-bond acceptors (Lipinski definition) is 5. The van der Waals surface area contributed by atoms with E-state index in [1.807, 2.05) is 28.7 Å². The van der Waals surface area contributed by atoms with Gasteiger partial charge in [-0.15, -0.1) is 10.2 Å². The molecular formula is C23H23FN6O2. The van der Waals surface area contributed by atoms with Crippen LogP contribution in [-0.2, 0) is 13.6 Å². The molecule has 5 rings (SSSR count). The van der Waals surface area contributed by atoms with Gasteiger partial charge in [-0.2, -0.15) is 0 Å². The third-order valence-corrected chi connectivity index (χ3v) is 6.09. The minimum atomic E-state index is -0.358. The highest BCUT2D eigenvalue weighted by atomic mass is 19.1. The number of hydrogen-bond donors (Lipinski definition) is 1. The number of aromatic nitrogens is 4. The number of carbonyl (C=O) groups excluding carboxylic acids is 1. The molecule has 9 heteroatoms. The van der Waals surface area contributed by atoms with Crippen molar-refractivity contribution in [2.45, 2.75) is 25.4 Å². The Bertz CT molecular complexity index is 1350. The van der Waals surface area contributed by atoms with Crippen molar-refractivity contribution in [2.24, 2.45) is 7.05 Å². The van der Waals surface area contributed by atoms with Crippen LogP contribution in [-0.4, -0.2) is 49.1 Å². The van der Waals surface area contributed by atoms with Gasteiger partial charge in [0.05, 0.1) is 17.4 Å². The number of nitrogens with zero attached hydrogens (tertiary/aromatic N) is 5. The van der Waals surface area contributed by atoms with Crippen molar-refractivity contribution < 1.29 is 9.18 Å². The van der Waals surface area contributed by atoms with Crippen LogP contribution in [0.25, 0.3) is 16.7 Å².